The molecule has 9 atom stereocenters. The molecule has 0 spiro atoms. The molecule has 4 rings (SSSR count). The molecule has 2 N–H and O–H groups in total. The maximum absolute atomic E-state index is 11.0. The Bertz CT molecular complexity index is 623. The minimum atomic E-state index is -0.529. The average Bonchev–Trinajstić information content (AvgIpc) is 3.03. The first-order valence-electron chi connectivity index (χ1n) is 13.4. The van der Waals surface area contributed by atoms with E-state index in [-0.39, 0.29) is 5.60 Å². The Morgan fingerprint density at radius 1 is 0.933 bits per heavy atom. The Balaban J connectivity index is 1.49. The van der Waals surface area contributed by atoms with Crippen LogP contribution in [0.3, 0.4) is 0 Å². The molecule has 4 saturated carbocycles. The van der Waals surface area contributed by atoms with E-state index in [4.69, 9.17) is 0 Å². The Labute approximate surface area is 186 Å². The van der Waals surface area contributed by atoms with Crippen molar-refractivity contribution >= 4 is 0 Å². The third-order valence-electron chi connectivity index (χ3n) is 11.5. The van der Waals surface area contributed by atoms with Gasteiger partial charge in [0.1, 0.15) is 0 Å². The Morgan fingerprint density at radius 2 is 1.63 bits per heavy atom. The molecule has 0 bridgehead atoms. The fraction of sp³-hybridized carbons (Fsp3) is 1.00. The summed E-state index contributed by atoms with van der Waals surface area (Å²) < 4.78 is 0. The summed E-state index contributed by atoms with van der Waals surface area (Å²) in [7, 11) is 0. The summed E-state index contributed by atoms with van der Waals surface area (Å²) in [5, 5.41) is 21.2. The molecular formula is C28H50O2. The maximum Gasteiger partial charge on any atom is 0.0648 e. The lowest BCUT2D eigenvalue weighted by Gasteiger charge is -2.62. The quantitative estimate of drug-likeness (QED) is 0.506. The van der Waals surface area contributed by atoms with E-state index in [1.807, 2.05) is 13.8 Å². The standard InChI is InChI=1S/C28H50O2/c1-7-28(30)17-16-26(5)20(18-28)8-9-21-23-11-10-22(19(2)12-14-25(3,4)29)27(23,6)15-13-24(21)26/h19-24,29-30H,7-18H2,1-6H3/t19-,20+,21+,22-,23+,24+,26+,27-,28+/m1/s1. The van der Waals surface area contributed by atoms with Crippen molar-refractivity contribution in [2.24, 2.45) is 46.3 Å². The normalized spacial score (nSPS) is 49.8. The molecule has 0 aromatic carbocycles. The maximum atomic E-state index is 11.0. The van der Waals surface area contributed by atoms with Crippen molar-refractivity contribution in [3.63, 3.8) is 0 Å². The van der Waals surface area contributed by atoms with Gasteiger partial charge in [-0.05, 0) is 137 Å². The molecule has 4 aliphatic rings. The summed E-state index contributed by atoms with van der Waals surface area (Å²) in [6, 6.07) is 0. The molecule has 2 nitrogen and oxygen atoms in total. The van der Waals surface area contributed by atoms with Gasteiger partial charge in [0.05, 0.1) is 11.2 Å². The Hall–Kier alpha value is -0.0800. The zero-order chi connectivity index (χ0) is 21.9. The van der Waals surface area contributed by atoms with E-state index >= 15 is 0 Å². The fourth-order valence-corrected chi connectivity index (χ4v) is 9.40. The van der Waals surface area contributed by atoms with Gasteiger partial charge < -0.3 is 10.2 Å². The summed E-state index contributed by atoms with van der Waals surface area (Å²) in [6.45, 7) is 13.8. The van der Waals surface area contributed by atoms with Gasteiger partial charge in [-0.25, -0.2) is 0 Å². The summed E-state index contributed by atoms with van der Waals surface area (Å²) in [6.07, 6.45) is 14.8. The largest absolute Gasteiger partial charge is 0.390 e. The second-order valence-corrected chi connectivity index (χ2v) is 13.5. The molecule has 4 aliphatic carbocycles. The van der Waals surface area contributed by atoms with Crippen LogP contribution in [0.5, 0.6) is 0 Å². The molecule has 2 heteroatoms. The number of aliphatic hydroxyl groups is 2. The van der Waals surface area contributed by atoms with Gasteiger partial charge in [-0.2, -0.15) is 0 Å². The predicted octanol–water partition coefficient (Wildman–Crippen LogP) is 6.97. The summed E-state index contributed by atoms with van der Waals surface area (Å²) in [5.41, 5.74) is 0.0756. The Kier molecular flexibility index (Phi) is 5.97. The number of hydrogen-bond acceptors (Lipinski definition) is 2. The first-order chi connectivity index (χ1) is 13.9. The summed E-state index contributed by atoms with van der Waals surface area (Å²) >= 11 is 0. The Morgan fingerprint density at radius 3 is 2.30 bits per heavy atom. The molecule has 4 fully saturated rings. The van der Waals surface area contributed by atoms with Crippen LogP contribution < -0.4 is 0 Å². The van der Waals surface area contributed by atoms with Gasteiger partial charge in [-0.15, -0.1) is 0 Å². The highest BCUT2D eigenvalue weighted by Gasteiger charge is 2.61. The highest BCUT2D eigenvalue weighted by Crippen LogP contribution is 2.69. The van der Waals surface area contributed by atoms with E-state index in [0.29, 0.717) is 10.8 Å². The predicted molar refractivity (Wildman–Crippen MR) is 125 cm³/mol. The fourth-order valence-electron chi connectivity index (χ4n) is 9.40. The van der Waals surface area contributed by atoms with E-state index in [1.165, 1.54) is 51.4 Å². The minimum absolute atomic E-state index is 0.380. The second-order valence-electron chi connectivity index (χ2n) is 13.5. The molecular weight excluding hydrogens is 368 g/mol. The molecule has 0 radical (unpaired) electrons. The third-order valence-corrected chi connectivity index (χ3v) is 11.5. The lowest BCUT2D eigenvalue weighted by molar-refractivity contribution is -0.152. The topological polar surface area (TPSA) is 40.5 Å². The smallest absolute Gasteiger partial charge is 0.0648 e. The van der Waals surface area contributed by atoms with E-state index < -0.39 is 5.60 Å². The molecule has 0 aromatic rings. The van der Waals surface area contributed by atoms with Crippen molar-refractivity contribution in [2.75, 3.05) is 0 Å². The van der Waals surface area contributed by atoms with Crippen molar-refractivity contribution in [1.82, 2.24) is 0 Å². The highest BCUT2D eigenvalue weighted by atomic mass is 16.3. The number of hydrogen-bond donors (Lipinski definition) is 2. The highest BCUT2D eigenvalue weighted by molar-refractivity contribution is 5.10. The van der Waals surface area contributed by atoms with Gasteiger partial charge in [-0.1, -0.05) is 27.7 Å². The van der Waals surface area contributed by atoms with Gasteiger partial charge in [0.2, 0.25) is 0 Å². The van der Waals surface area contributed by atoms with Crippen molar-refractivity contribution in [3.05, 3.63) is 0 Å². The van der Waals surface area contributed by atoms with Crippen LogP contribution in [0.25, 0.3) is 0 Å². The van der Waals surface area contributed by atoms with E-state index in [1.54, 1.807) is 0 Å². The molecule has 174 valence electrons. The van der Waals surface area contributed by atoms with Crippen LogP contribution in [0.2, 0.25) is 0 Å². The molecule has 30 heavy (non-hydrogen) atoms. The van der Waals surface area contributed by atoms with E-state index in [2.05, 4.69) is 27.7 Å². The molecule has 0 amide bonds. The van der Waals surface area contributed by atoms with E-state index in [9.17, 15) is 10.2 Å². The van der Waals surface area contributed by atoms with Gasteiger partial charge >= 0.3 is 0 Å². The molecule has 0 aliphatic heterocycles. The van der Waals surface area contributed by atoms with Gasteiger partial charge in [0.15, 0.2) is 0 Å². The van der Waals surface area contributed by atoms with Crippen molar-refractivity contribution in [3.8, 4) is 0 Å². The number of rotatable bonds is 5. The third kappa shape index (κ3) is 3.81. The zero-order valence-electron chi connectivity index (χ0n) is 20.8. The van der Waals surface area contributed by atoms with Gasteiger partial charge in [0, 0.05) is 0 Å². The molecule has 0 saturated heterocycles. The van der Waals surface area contributed by atoms with Gasteiger partial charge in [0.25, 0.3) is 0 Å². The van der Waals surface area contributed by atoms with Gasteiger partial charge in [-0.3, -0.25) is 0 Å². The summed E-state index contributed by atoms with van der Waals surface area (Å²) in [4.78, 5) is 0. The van der Waals surface area contributed by atoms with Crippen molar-refractivity contribution in [2.45, 2.75) is 130 Å². The van der Waals surface area contributed by atoms with Crippen LogP contribution in [-0.2, 0) is 0 Å². The van der Waals surface area contributed by atoms with Crippen LogP contribution >= 0.6 is 0 Å². The first kappa shape index (κ1) is 23.1. The van der Waals surface area contributed by atoms with Crippen molar-refractivity contribution in [1.29, 1.82) is 0 Å². The van der Waals surface area contributed by atoms with E-state index in [0.717, 1.165) is 61.2 Å². The lowest BCUT2D eigenvalue weighted by atomic mass is 9.43. The molecule has 0 heterocycles. The number of fused-ring (bicyclic) bond motifs is 5. The minimum Gasteiger partial charge on any atom is -0.390 e. The monoisotopic (exact) mass is 418 g/mol. The molecule has 0 unspecified atom stereocenters. The lowest BCUT2D eigenvalue weighted by Crippen LogP contribution is -2.56. The SMILES string of the molecule is CC[C@]1(O)CC[C@@]2(C)[C@@H](CC[C@@H]3[C@@H]2CC[C@]2(C)[C@@H]([C@H](C)CCC(C)(C)O)CC[C@@H]32)C1. The van der Waals surface area contributed by atoms with Crippen LogP contribution in [0.15, 0.2) is 0 Å². The first-order valence-corrected chi connectivity index (χ1v) is 13.4. The zero-order valence-corrected chi connectivity index (χ0v) is 20.8. The van der Waals surface area contributed by atoms with Crippen LogP contribution in [-0.4, -0.2) is 21.4 Å². The average molecular weight is 419 g/mol. The van der Waals surface area contributed by atoms with Crippen LogP contribution in [0.4, 0.5) is 0 Å². The van der Waals surface area contributed by atoms with Crippen molar-refractivity contribution < 1.29 is 10.2 Å². The second kappa shape index (κ2) is 7.75. The van der Waals surface area contributed by atoms with Crippen LogP contribution in [0.1, 0.15) is 119 Å². The van der Waals surface area contributed by atoms with Crippen LogP contribution in [0, 0.1) is 46.3 Å². The summed E-state index contributed by atoms with van der Waals surface area (Å²) in [5.74, 6) is 5.03. The molecule has 0 aromatic heterocycles.